The number of aliphatic hydroxyl groups excluding tert-OH is 3. The van der Waals surface area contributed by atoms with Gasteiger partial charge in [-0.2, -0.15) is 0 Å². The highest BCUT2D eigenvalue weighted by molar-refractivity contribution is 5.88. The van der Waals surface area contributed by atoms with Gasteiger partial charge in [0.25, 0.3) is 5.91 Å². The minimum Gasteiger partial charge on any atom is -0.435 e. The number of amides is 1. The number of hydrogen-bond donors (Lipinski definition) is 4. The van der Waals surface area contributed by atoms with E-state index >= 15 is 0 Å². The zero-order valence-electron chi connectivity index (χ0n) is 15.1. The third-order valence-corrected chi connectivity index (χ3v) is 3.71. The lowest BCUT2D eigenvalue weighted by molar-refractivity contribution is -0.138. The van der Waals surface area contributed by atoms with Crippen LogP contribution in [0.4, 0.5) is 0 Å². The Morgan fingerprint density at radius 3 is 2.59 bits per heavy atom. The van der Waals surface area contributed by atoms with E-state index in [0.29, 0.717) is 6.42 Å². The number of unbranched alkanes of at least 4 members (excludes halogenated alkanes) is 2. The van der Waals surface area contributed by atoms with Crippen LogP contribution in [0, 0.1) is 0 Å². The lowest BCUT2D eigenvalue weighted by Gasteiger charge is -2.13. The molecule has 1 aromatic heterocycles. The van der Waals surface area contributed by atoms with Gasteiger partial charge < -0.3 is 30.5 Å². The maximum atomic E-state index is 10.8. The summed E-state index contributed by atoms with van der Waals surface area (Å²) in [4.78, 5) is 25.0. The van der Waals surface area contributed by atoms with E-state index in [1.165, 1.54) is 6.26 Å². The second kappa shape index (κ2) is 11.4. The van der Waals surface area contributed by atoms with Crippen molar-refractivity contribution in [3.8, 4) is 0 Å². The van der Waals surface area contributed by atoms with Crippen molar-refractivity contribution in [1.29, 1.82) is 0 Å². The minimum absolute atomic E-state index is 0.177. The van der Waals surface area contributed by atoms with Crippen LogP contribution in [-0.4, -0.2) is 66.9 Å². The van der Waals surface area contributed by atoms with E-state index in [1.54, 1.807) is 0 Å². The van der Waals surface area contributed by atoms with Gasteiger partial charge in [-0.1, -0.05) is 26.3 Å². The van der Waals surface area contributed by atoms with Gasteiger partial charge in [-0.15, -0.1) is 5.10 Å². The number of primary amides is 1. The molecule has 0 radical (unpaired) electrons. The van der Waals surface area contributed by atoms with E-state index in [1.807, 2.05) is 0 Å². The first kappa shape index (κ1) is 22.7. The monoisotopic (exact) mass is 386 g/mol. The van der Waals surface area contributed by atoms with E-state index < -0.39 is 37.1 Å². The molecule has 0 spiro atoms. The van der Waals surface area contributed by atoms with Crippen LogP contribution >= 0.6 is 0 Å². The molecule has 0 saturated carbocycles. The number of aromatic nitrogens is 3. The second-order valence-corrected chi connectivity index (χ2v) is 5.75. The van der Waals surface area contributed by atoms with Gasteiger partial charge in [0.2, 0.25) is 5.82 Å². The summed E-state index contributed by atoms with van der Waals surface area (Å²) in [5.41, 5.74) is 4.97. The maximum Gasteiger partial charge on any atom is 0.310 e. The number of carbonyl (C=O) groups is 2. The molecular weight excluding hydrogens is 360 g/mol. The molecule has 11 nitrogen and oxygen atoms in total. The second-order valence-electron chi connectivity index (χ2n) is 5.75. The van der Waals surface area contributed by atoms with Gasteiger partial charge in [0.05, 0.1) is 12.9 Å². The first-order chi connectivity index (χ1) is 12.8. The van der Waals surface area contributed by atoms with Crippen molar-refractivity contribution >= 4 is 11.9 Å². The smallest absolute Gasteiger partial charge is 0.310 e. The van der Waals surface area contributed by atoms with E-state index in [-0.39, 0.29) is 11.8 Å². The Kier molecular flexibility index (Phi) is 9.58. The molecule has 0 bridgehead atoms. The Morgan fingerprint density at radius 1 is 1.41 bits per heavy atom. The first-order valence-corrected chi connectivity index (χ1v) is 8.49. The largest absolute Gasteiger partial charge is 0.435 e. The number of nitrogens with two attached hydrogens (primary N) is 1. The molecule has 5 N–H and O–H groups in total. The fraction of sp³-hybridized carbons (Fsp3) is 0.625. The number of esters is 1. The van der Waals surface area contributed by atoms with Crippen molar-refractivity contribution in [3.63, 3.8) is 0 Å². The van der Waals surface area contributed by atoms with Crippen LogP contribution in [0.1, 0.15) is 49.5 Å². The summed E-state index contributed by atoms with van der Waals surface area (Å²) in [5, 5.41) is 31.8. The predicted molar refractivity (Wildman–Crippen MR) is 92.0 cm³/mol. The van der Waals surface area contributed by atoms with Crippen molar-refractivity contribution in [3.05, 3.63) is 25.0 Å². The van der Waals surface area contributed by atoms with Crippen molar-refractivity contribution in [1.82, 2.24) is 14.8 Å². The molecule has 27 heavy (non-hydrogen) atoms. The number of ether oxygens (including phenoxy) is 2. The molecule has 2 heterocycles. The molecule has 4 atom stereocenters. The first-order valence-electron chi connectivity index (χ1n) is 8.49. The highest BCUT2D eigenvalue weighted by atomic mass is 16.6. The number of rotatable bonds is 8. The maximum absolute atomic E-state index is 10.8. The Hall–Kier alpha value is -2.34. The van der Waals surface area contributed by atoms with Crippen molar-refractivity contribution < 1.29 is 34.4 Å². The predicted octanol–water partition coefficient (Wildman–Crippen LogP) is -0.758. The highest BCUT2D eigenvalue weighted by Gasteiger charge is 2.44. The fourth-order valence-electron chi connectivity index (χ4n) is 2.28. The summed E-state index contributed by atoms with van der Waals surface area (Å²) in [6, 6.07) is 0. The van der Waals surface area contributed by atoms with Gasteiger partial charge in [0, 0.05) is 6.42 Å². The summed E-state index contributed by atoms with van der Waals surface area (Å²) in [6.45, 7) is 4.94. The van der Waals surface area contributed by atoms with Crippen molar-refractivity contribution in [2.75, 3.05) is 6.61 Å². The van der Waals surface area contributed by atoms with Crippen LogP contribution in [0.2, 0.25) is 0 Å². The zero-order chi connectivity index (χ0) is 20.4. The highest BCUT2D eigenvalue weighted by Crippen LogP contribution is 2.28. The molecule has 1 aliphatic heterocycles. The Bertz CT molecular complexity index is 622. The molecular formula is C16H26N4O7. The average Bonchev–Trinajstić information content (AvgIpc) is 3.22. The van der Waals surface area contributed by atoms with Gasteiger partial charge in [0.15, 0.2) is 6.23 Å². The zero-order valence-corrected chi connectivity index (χ0v) is 15.1. The van der Waals surface area contributed by atoms with Crippen molar-refractivity contribution in [2.45, 2.75) is 57.1 Å². The lowest BCUT2D eigenvalue weighted by Crippen LogP contribution is -2.33. The summed E-state index contributed by atoms with van der Waals surface area (Å²) in [6.07, 6.45) is 1.56. The average molecular weight is 386 g/mol. The SMILES string of the molecule is C=COC(=O)CCCCC.NC(=O)c1ncn([C@@H]2O[C@H](CO)[C@@H](O)[C@H]2O)n1. The molecule has 1 saturated heterocycles. The molecule has 1 aliphatic rings. The normalized spacial score (nSPS) is 24.0. The quantitative estimate of drug-likeness (QED) is 0.255. The van der Waals surface area contributed by atoms with Crippen LogP contribution in [0.15, 0.2) is 19.2 Å². The van der Waals surface area contributed by atoms with Gasteiger partial charge in [0.1, 0.15) is 24.6 Å². The van der Waals surface area contributed by atoms with E-state index in [9.17, 15) is 19.8 Å². The lowest BCUT2D eigenvalue weighted by atomic mass is 10.1. The molecule has 1 amide bonds. The Balaban J connectivity index is 0.000000314. The molecule has 2 rings (SSSR count). The van der Waals surface area contributed by atoms with E-state index in [0.717, 1.165) is 30.3 Å². The van der Waals surface area contributed by atoms with Crippen LogP contribution in [-0.2, 0) is 14.3 Å². The molecule has 1 fully saturated rings. The molecule has 11 heteroatoms. The molecule has 152 valence electrons. The number of aliphatic hydroxyl groups is 3. The summed E-state index contributed by atoms with van der Waals surface area (Å²) < 4.78 is 10.8. The van der Waals surface area contributed by atoms with E-state index in [4.69, 9.17) is 15.6 Å². The molecule has 0 unspecified atom stereocenters. The van der Waals surface area contributed by atoms with Gasteiger partial charge in [-0.05, 0) is 6.42 Å². The summed E-state index contributed by atoms with van der Waals surface area (Å²) in [7, 11) is 0. The Morgan fingerprint density at radius 2 is 2.11 bits per heavy atom. The standard InChI is InChI=1S/C8H12N4O5.C8H14O2/c9-6(16)7-10-2-12(11-7)8-5(15)4(14)3(1-13)17-8;1-3-5-6-7-8(9)10-4-2/h2-5,8,13-15H,1H2,(H2,9,16);4H,2-3,5-7H2,1H3/t3-,4-,5-,8-;/m1./s1. The van der Waals surface area contributed by atoms with Crippen LogP contribution in [0.25, 0.3) is 0 Å². The number of nitrogens with zero attached hydrogens (tertiary/aromatic N) is 3. The van der Waals surface area contributed by atoms with Crippen LogP contribution in [0.5, 0.6) is 0 Å². The Labute approximate surface area is 156 Å². The fourth-order valence-corrected chi connectivity index (χ4v) is 2.28. The molecule has 0 aromatic carbocycles. The summed E-state index contributed by atoms with van der Waals surface area (Å²) in [5.74, 6) is -1.21. The third-order valence-electron chi connectivity index (χ3n) is 3.71. The topological polar surface area (TPSA) is 170 Å². The molecule has 0 aliphatic carbocycles. The van der Waals surface area contributed by atoms with Gasteiger partial charge >= 0.3 is 5.97 Å². The number of hydrogen-bond acceptors (Lipinski definition) is 9. The van der Waals surface area contributed by atoms with E-state index in [2.05, 4.69) is 28.3 Å². The van der Waals surface area contributed by atoms with Crippen molar-refractivity contribution in [2.24, 2.45) is 5.73 Å². The molecule has 1 aromatic rings. The third kappa shape index (κ3) is 6.71. The number of carbonyl (C=O) groups excluding carboxylic acids is 2. The minimum atomic E-state index is -1.27. The van der Waals surface area contributed by atoms with Gasteiger partial charge in [-0.3, -0.25) is 9.59 Å². The van der Waals surface area contributed by atoms with Crippen LogP contribution in [0.3, 0.4) is 0 Å². The van der Waals surface area contributed by atoms with Gasteiger partial charge in [-0.25, -0.2) is 9.67 Å². The summed E-state index contributed by atoms with van der Waals surface area (Å²) >= 11 is 0. The van der Waals surface area contributed by atoms with Crippen LogP contribution < -0.4 is 5.73 Å².